The van der Waals surface area contributed by atoms with Gasteiger partial charge in [0.05, 0.1) is 12.6 Å². The molecule has 3 aromatic heterocycles. The Balaban J connectivity index is 1.19. The fourth-order valence-corrected chi connectivity index (χ4v) is 6.13. The van der Waals surface area contributed by atoms with E-state index in [1.807, 2.05) is 29.8 Å². The molecular weight excluding hydrogens is 604 g/mol. The molecule has 4 N–H and O–H groups in total. The minimum atomic E-state index is -4.94. The van der Waals surface area contributed by atoms with E-state index in [1.165, 1.54) is 24.9 Å². The average molecular weight is 638 g/mol. The molecule has 5 rings (SSSR count). The summed E-state index contributed by atoms with van der Waals surface area (Å²) in [5, 5.41) is 8.54. The maximum Gasteiger partial charge on any atom is 0.418 e. The van der Waals surface area contributed by atoms with Gasteiger partial charge in [0, 0.05) is 31.0 Å². The van der Waals surface area contributed by atoms with Crippen LogP contribution in [-0.2, 0) is 42.6 Å². The molecule has 0 radical (unpaired) electrons. The molecule has 2 amide bonds. The Morgan fingerprint density at radius 2 is 2.02 bits per heavy atom. The zero-order valence-electron chi connectivity index (χ0n) is 24.0. The monoisotopic (exact) mass is 637 g/mol. The molecule has 1 unspecified atom stereocenters. The number of hydrogen-bond donors (Lipinski definition) is 3. The Bertz CT molecular complexity index is 1680. The number of aromatic nitrogens is 3. The van der Waals surface area contributed by atoms with Crippen LogP contribution in [0.15, 0.2) is 35.1 Å². The molecule has 3 aromatic rings. The number of amides is 2. The fourth-order valence-electron chi connectivity index (χ4n) is 5.13. The molecule has 5 heterocycles. The lowest BCUT2D eigenvalue weighted by atomic mass is 9.84. The number of nitrogen functional groups attached to an aromatic ring is 1. The number of anilines is 1. The van der Waals surface area contributed by atoms with Crippen LogP contribution in [0, 0.1) is 5.92 Å². The number of pyridine rings is 1. The van der Waals surface area contributed by atoms with Crippen LogP contribution in [0.25, 0.3) is 5.65 Å². The van der Waals surface area contributed by atoms with Crippen LogP contribution in [0.5, 0.6) is 5.75 Å². The number of ether oxygens (including phenoxy) is 1. The van der Waals surface area contributed by atoms with Crippen LogP contribution in [-0.4, -0.2) is 94.9 Å². The lowest BCUT2D eigenvalue weighted by molar-refractivity contribution is -0.511. The van der Waals surface area contributed by atoms with Gasteiger partial charge >= 0.3 is 10.4 Å². The topological polar surface area (TPSA) is 195 Å². The molecule has 16 nitrogen and oxygen atoms in total. The van der Waals surface area contributed by atoms with Crippen molar-refractivity contribution in [3.8, 4) is 5.75 Å². The second kappa shape index (κ2) is 11.7. The number of carbonyl (C=O) groups excluding carboxylic acids is 2. The van der Waals surface area contributed by atoms with Gasteiger partial charge in [0.25, 0.3) is 17.5 Å². The minimum absolute atomic E-state index is 0.0157. The van der Waals surface area contributed by atoms with E-state index in [2.05, 4.69) is 42.5 Å². The molecule has 43 heavy (non-hydrogen) atoms. The summed E-state index contributed by atoms with van der Waals surface area (Å²) in [7, 11) is -0.771. The zero-order valence-corrected chi connectivity index (χ0v) is 25.6. The number of fused-ring (bicyclic) bond motifs is 1. The maximum atomic E-state index is 13.1. The van der Waals surface area contributed by atoms with E-state index < -0.39 is 33.8 Å². The summed E-state index contributed by atoms with van der Waals surface area (Å²) in [6.07, 6.45) is 5.00. The number of nitrogens with zero attached hydrogens (tertiary/aromatic N) is 6. The number of β-lactam (4-membered cyclic amide) rings is 1. The summed E-state index contributed by atoms with van der Waals surface area (Å²) < 4.78 is 45.4. The van der Waals surface area contributed by atoms with Crippen molar-refractivity contribution in [1.29, 1.82) is 0 Å². The van der Waals surface area contributed by atoms with Crippen LogP contribution in [0.1, 0.15) is 25.2 Å². The Hall–Kier alpha value is -3.84. The first kappa shape index (κ1) is 30.6. The van der Waals surface area contributed by atoms with Gasteiger partial charge < -0.3 is 25.5 Å². The van der Waals surface area contributed by atoms with E-state index in [0.29, 0.717) is 16.7 Å². The van der Waals surface area contributed by atoms with Gasteiger partial charge in [-0.1, -0.05) is 5.16 Å². The highest BCUT2D eigenvalue weighted by Crippen LogP contribution is 2.33. The van der Waals surface area contributed by atoms with E-state index in [-0.39, 0.29) is 29.8 Å². The number of nitrogens with one attached hydrogen (secondary N) is 1. The van der Waals surface area contributed by atoms with Gasteiger partial charge in [-0.3, -0.25) is 14.1 Å². The van der Waals surface area contributed by atoms with E-state index in [0.717, 1.165) is 36.5 Å². The maximum absolute atomic E-state index is 13.1. The number of aryl methyl sites for hydroxylation is 1. The van der Waals surface area contributed by atoms with E-state index in [4.69, 9.17) is 19.9 Å². The summed E-state index contributed by atoms with van der Waals surface area (Å²) in [4.78, 5) is 37.3. The predicted molar refractivity (Wildman–Crippen MR) is 153 cm³/mol. The SMILES string of the molecule is CN1CC(Cc2c[n+]3cc(OCCO/N=C(\C(=O)NC4C(=O)N(OS(=O)(=O)O)C4(C)C)c4csc(N)n4)ccc3n2C)C1. The lowest BCUT2D eigenvalue weighted by Gasteiger charge is -2.50. The third kappa shape index (κ3) is 6.57. The van der Waals surface area contributed by atoms with Crippen LogP contribution >= 0.6 is 11.3 Å². The molecule has 0 aliphatic carbocycles. The van der Waals surface area contributed by atoms with E-state index >= 15 is 0 Å². The molecule has 18 heteroatoms. The fraction of sp³-hybridized carbons (Fsp3) is 0.480. The number of oxime groups is 1. The normalized spacial score (nSPS) is 19.3. The van der Waals surface area contributed by atoms with Crippen molar-refractivity contribution in [3.05, 3.63) is 41.3 Å². The first-order chi connectivity index (χ1) is 20.2. The van der Waals surface area contributed by atoms with Gasteiger partial charge in [0.2, 0.25) is 0 Å². The Morgan fingerprint density at radius 1 is 1.28 bits per heavy atom. The number of hydrogen-bond acceptors (Lipinski definition) is 12. The van der Waals surface area contributed by atoms with Crippen molar-refractivity contribution in [2.75, 3.05) is 39.1 Å². The largest absolute Gasteiger partial charge is 0.486 e. The standard InChI is InChI=1S/C25H32N8O8S2/c1-25(2)21(23(35)33(25)41-43(36,37)38)28-22(34)20(18-14-42-24(26)27-18)29-40-8-7-39-17-5-6-19-31(4)16(12-32(19)13-17)9-15-10-30(3)11-15/h5-6,12-15,21H,7-11H2,1-4H3,(H3-,26,27,28,34,36,37,38)/p+1/b29-20-. The Labute approximate surface area is 251 Å². The van der Waals surface area contributed by atoms with E-state index in [9.17, 15) is 18.0 Å². The molecule has 2 aliphatic rings. The third-order valence-electron chi connectivity index (χ3n) is 7.33. The highest BCUT2D eigenvalue weighted by atomic mass is 32.3. The van der Waals surface area contributed by atoms with E-state index in [1.54, 1.807) is 0 Å². The molecule has 2 aliphatic heterocycles. The molecule has 0 bridgehead atoms. The molecule has 2 saturated heterocycles. The highest BCUT2D eigenvalue weighted by Gasteiger charge is 2.58. The summed E-state index contributed by atoms with van der Waals surface area (Å²) >= 11 is 1.08. The summed E-state index contributed by atoms with van der Waals surface area (Å²) in [6.45, 7) is 5.18. The number of rotatable bonds is 12. The zero-order chi connectivity index (χ0) is 31.1. The Kier molecular flexibility index (Phi) is 8.32. The van der Waals surface area contributed by atoms with Gasteiger partial charge in [-0.2, -0.15) is 17.9 Å². The lowest BCUT2D eigenvalue weighted by Crippen LogP contribution is -2.76. The summed E-state index contributed by atoms with van der Waals surface area (Å²) in [6, 6.07) is 2.65. The molecular formula is C25H33N8O8S2+. The van der Waals surface area contributed by atoms with Crippen LogP contribution in [0.3, 0.4) is 0 Å². The number of thiazole rings is 1. The Morgan fingerprint density at radius 3 is 2.65 bits per heavy atom. The van der Waals surface area contributed by atoms with Gasteiger partial charge in [-0.25, -0.2) is 9.55 Å². The quantitative estimate of drug-likeness (QED) is 0.0581. The molecule has 232 valence electrons. The molecule has 0 saturated carbocycles. The van der Waals surface area contributed by atoms with Gasteiger partial charge in [0.1, 0.15) is 36.4 Å². The van der Waals surface area contributed by atoms with Gasteiger partial charge in [-0.15, -0.1) is 15.6 Å². The van der Waals surface area contributed by atoms with Crippen LogP contribution in [0.4, 0.5) is 5.13 Å². The van der Waals surface area contributed by atoms with Crippen molar-refractivity contribution < 1.29 is 40.8 Å². The third-order valence-corrected chi connectivity index (χ3v) is 8.34. The number of nitrogens with two attached hydrogens (primary N) is 1. The molecule has 2 fully saturated rings. The molecule has 0 aromatic carbocycles. The second-order valence-electron chi connectivity index (χ2n) is 11.0. The number of hydroxylamine groups is 2. The minimum Gasteiger partial charge on any atom is -0.486 e. The summed E-state index contributed by atoms with van der Waals surface area (Å²) in [5.74, 6) is -0.430. The number of likely N-dealkylation sites (tertiary alicyclic amines) is 1. The molecule has 0 spiro atoms. The number of imidazole rings is 1. The molecule has 1 atom stereocenters. The van der Waals surface area contributed by atoms with Crippen molar-refractivity contribution in [2.24, 2.45) is 18.1 Å². The summed E-state index contributed by atoms with van der Waals surface area (Å²) in [5.41, 5.74) is 6.56. The van der Waals surface area contributed by atoms with Gasteiger partial charge in [0.15, 0.2) is 23.2 Å². The van der Waals surface area contributed by atoms with Crippen molar-refractivity contribution in [3.63, 3.8) is 0 Å². The highest BCUT2D eigenvalue weighted by molar-refractivity contribution is 7.80. The first-order valence-electron chi connectivity index (χ1n) is 13.3. The number of carbonyl (C=O) groups is 2. The van der Waals surface area contributed by atoms with Crippen molar-refractivity contribution >= 4 is 50.0 Å². The van der Waals surface area contributed by atoms with Crippen LogP contribution in [0.2, 0.25) is 0 Å². The van der Waals surface area contributed by atoms with Gasteiger partial charge in [-0.05, 0) is 32.9 Å². The van der Waals surface area contributed by atoms with Crippen LogP contribution < -0.4 is 20.2 Å². The van der Waals surface area contributed by atoms with Crippen molar-refractivity contribution in [1.82, 2.24) is 24.8 Å². The smallest absolute Gasteiger partial charge is 0.418 e. The average Bonchev–Trinajstić information content (AvgIpc) is 3.48. The second-order valence-corrected chi connectivity index (χ2v) is 12.9. The van der Waals surface area contributed by atoms with Crippen molar-refractivity contribution in [2.45, 2.75) is 31.8 Å². The first-order valence-corrected chi connectivity index (χ1v) is 15.5. The predicted octanol–water partition coefficient (Wildman–Crippen LogP) is -0.454.